The Kier molecular flexibility index (Phi) is 3.67. The number of hydrogen-bond donors (Lipinski definition) is 0. The number of para-hydroxylation sites is 1. The quantitative estimate of drug-likeness (QED) is 0.769. The average molecular weight is 246 g/mol. The molecule has 0 fully saturated rings. The van der Waals surface area contributed by atoms with E-state index in [4.69, 9.17) is 4.74 Å². The van der Waals surface area contributed by atoms with Crippen molar-refractivity contribution in [2.45, 2.75) is 32.6 Å². The molecule has 0 saturated carbocycles. The first-order valence-corrected chi connectivity index (χ1v) is 5.99. The van der Waals surface area contributed by atoms with Crippen LogP contribution < -0.4 is 4.90 Å². The zero-order valence-electron chi connectivity index (χ0n) is 10.5. The fourth-order valence-electron chi connectivity index (χ4n) is 1.95. The molecule has 2 rings (SSSR count). The zero-order chi connectivity index (χ0) is 13.1. The fraction of sp³-hybridized carbons (Fsp3) is 0.357. The minimum Gasteiger partial charge on any atom is -0.440 e. The first kappa shape index (κ1) is 12.6. The van der Waals surface area contributed by atoms with Gasteiger partial charge in [-0.25, -0.2) is 9.90 Å². The summed E-state index contributed by atoms with van der Waals surface area (Å²) >= 11 is 0. The molecule has 2 atom stereocenters. The number of allylic oxidation sites excluding steroid dienone is 1. The van der Waals surface area contributed by atoms with Crippen LogP contribution in [0.2, 0.25) is 0 Å². The van der Waals surface area contributed by atoms with Gasteiger partial charge in [-0.3, -0.25) is 0 Å². The van der Waals surface area contributed by atoms with Gasteiger partial charge in [-0.05, 0) is 31.9 Å². The summed E-state index contributed by atoms with van der Waals surface area (Å²) in [5, 5.41) is 11.0. The van der Waals surface area contributed by atoms with Gasteiger partial charge >= 0.3 is 5.97 Å². The van der Waals surface area contributed by atoms with E-state index in [0.29, 0.717) is 0 Å². The second kappa shape index (κ2) is 5.23. The van der Waals surface area contributed by atoms with Crippen LogP contribution in [0, 0.1) is 0 Å². The molecular formula is C14H16NO3. The molecule has 1 heterocycles. The van der Waals surface area contributed by atoms with Crippen LogP contribution >= 0.6 is 0 Å². The third-order valence-corrected chi connectivity index (χ3v) is 2.88. The first-order chi connectivity index (χ1) is 8.59. The Morgan fingerprint density at radius 3 is 2.78 bits per heavy atom. The molecule has 95 valence electrons. The number of anilines is 1. The lowest BCUT2D eigenvalue weighted by Crippen LogP contribution is -2.36. The maximum absolute atomic E-state index is 11.3. The van der Waals surface area contributed by atoms with E-state index >= 15 is 0 Å². The van der Waals surface area contributed by atoms with E-state index in [-0.39, 0.29) is 0 Å². The molecule has 0 bridgehead atoms. The second-order valence-electron chi connectivity index (χ2n) is 4.30. The largest absolute Gasteiger partial charge is 0.440 e. The maximum atomic E-state index is 11.3. The van der Waals surface area contributed by atoms with Crippen molar-refractivity contribution in [1.82, 2.24) is 0 Å². The van der Waals surface area contributed by atoms with Crippen molar-refractivity contribution in [3.63, 3.8) is 0 Å². The van der Waals surface area contributed by atoms with Gasteiger partial charge in [0.15, 0.2) is 12.3 Å². The molecule has 1 aliphatic rings. The van der Waals surface area contributed by atoms with Crippen molar-refractivity contribution >= 4 is 11.7 Å². The molecular weight excluding hydrogens is 230 g/mol. The molecule has 0 amide bonds. The number of esters is 1. The number of hydrogen-bond acceptors (Lipinski definition) is 3. The molecule has 4 nitrogen and oxygen atoms in total. The predicted octanol–water partition coefficient (Wildman–Crippen LogP) is 2.27. The summed E-state index contributed by atoms with van der Waals surface area (Å²) in [5.41, 5.74) is 2.19. The summed E-state index contributed by atoms with van der Waals surface area (Å²) in [5.74, 6) is -0.723. The molecule has 1 aromatic rings. The molecule has 1 radical (unpaired) electrons. The summed E-state index contributed by atoms with van der Waals surface area (Å²) in [7, 11) is 0. The molecule has 1 aromatic carbocycles. The molecule has 0 aliphatic carbocycles. The van der Waals surface area contributed by atoms with Crippen LogP contribution in [0.15, 0.2) is 36.5 Å². The van der Waals surface area contributed by atoms with Gasteiger partial charge in [-0.1, -0.05) is 24.3 Å². The predicted molar refractivity (Wildman–Crippen MR) is 67.5 cm³/mol. The zero-order valence-corrected chi connectivity index (χ0v) is 10.5. The highest BCUT2D eigenvalue weighted by Crippen LogP contribution is 2.27. The average Bonchev–Trinajstić information content (AvgIpc) is 2.37. The van der Waals surface area contributed by atoms with Crippen LogP contribution in [0.5, 0.6) is 0 Å². The number of fused-ring (bicyclic) bond motifs is 1. The normalized spacial score (nSPS) is 16.9. The van der Waals surface area contributed by atoms with E-state index in [0.717, 1.165) is 12.1 Å². The van der Waals surface area contributed by atoms with Crippen molar-refractivity contribution in [3.8, 4) is 0 Å². The Bertz CT molecular complexity index is 468. The number of carbonyl (C=O) groups is 1. The lowest BCUT2D eigenvalue weighted by molar-refractivity contribution is -0.160. The van der Waals surface area contributed by atoms with Crippen LogP contribution in [0.25, 0.3) is 0 Å². The first-order valence-electron chi connectivity index (χ1n) is 5.99. The molecule has 0 aromatic heterocycles. The van der Waals surface area contributed by atoms with Crippen molar-refractivity contribution in [3.05, 3.63) is 42.1 Å². The molecule has 0 N–H and O–H groups in total. The molecule has 0 saturated heterocycles. The van der Waals surface area contributed by atoms with Gasteiger partial charge in [0.05, 0.1) is 0 Å². The van der Waals surface area contributed by atoms with Gasteiger partial charge in [-0.2, -0.15) is 0 Å². The Labute approximate surface area is 106 Å². The molecule has 4 heteroatoms. The SMILES string of the molecule is CC([O])C(=O)OC(C)N1C=CCc2ccccc21. The lowest BCUT2D eigenvalue weighted by atomic mass is 10.1. The summed E-state index contributed by atoms with van der Waals surface area (Å²) < 4.78 is 5.13. The van der Waals surface area contributed by atoms with Crippen LogP contribution in [0.1, 0.15) is 19.4 Å². The van der Waals surface area contributed by atoms with Gasteiger partial charge < -0.3 is 9.64 Å². The molecule has 1 aliphatic heterocycles. The van der Waals surface area contributed by atoms with Gasteiger partial charge in [0, 0.05) is 11.9 Å². The number of benzene rings is 1. The smallest absolute Gasteiger partial charge is 0.340 e. The van der Waals surface area contributed by atoms with Crippen molar-refractivity contribution in [2.24, 2.45) is 0 Å². The van der Waals surface area contributed by atoms with E-state index in [1.807, 2.05) is 41.4 Å². The van der Waals surface area contributed by atoms with E-state index in [1.54, 1.807) is 6.92 Å². The third kappa shape index (κ3) is 2.54. The number of rotatable bonds is 3. The van der Waals surface area contributed by atoms with E-state index < -0.39 is 18.3 Å². The van der Waals surface area contributed by atoms with Crippen LogP contribution in [-0.4, -0.2) is 18.3 Å². The summed E-state index contributed by atoms with van der Waals surface area (Å²) in [6.45, 7) is 3.04. The highest BCUT2D eigenvalue weighted by atomic mass is 16.6. The highest BCUT2D eigenvalue weighted by molar-refractivity contribution is 5.74. The summed E-state index contributed by atoms with van der Waals surface area (Å²) in [6, 6.07) is 7.93. The molecule has 2 unspecified atom stereocenters. The van der Waals surface area contributed by atoms with Crippen molar-refractivity contribution in [2.75, 3.05) is 4.90 Å². The van der Waals surface area contributed by atoms with Gasteiger partial charge in [-0.15, -0.1) is 0 Å². The van der Waals surface area contributed by atoms with Crippen molar-refractivity contribution in [1.29, 1.82) is 0 Å². The van der Waals surface area contributed by atoms with Crippen LogP contribution in [0.4, 0.5) is 5.69 Å². The summed E-state index contributed by atoms with van der Waals surface area (Å²) in [6.07, 6.45) is 2.93. The van der Waals surface area contributed by atoms with Crippen LogP contribution in [0.3, 0.4) is 0 Å². The van der Waals surface area contributed by atoms with E-state index in [1.165, 1.54) is 12.5 Å². The monoisotopic (exact) mass is 246 g/mol. The Hall–Kier alpha value is -1.81. The fourth-order valence-corrected chi connectivity index (χ4v) is 1.95. The summed E-state index contributed by atoms with van der Waals surface area (Å²) in [4.78, 5) is 13.2. The minimum atomic E-state index is -1.35. The molecule has 18 heavy (non-hydrogen) atoms. The van der Waals surface area contributed by atoms with Gasteiger partial charge in [0.2, 0.25) is 0 Å². The highest BCUT2D eigenvalue weighted by Gasteiger charge is 2.22. The van der Waals surface area contributed by atoms with E-state index in [2.05, 4.69) is 0 Å². The lowest BCUT2D eigenvalue weighted by Gasteiger charge is -2.31. The third-order valence-electron chi connectivity index (χ3n) is 2.88. The maximum Gasteiger partial charge on any atom is 0.340 e. The number of ether oxygens (including phenoxy) is 1. The molecule has 0 spiro atoms. The van der Waals surface area contributed by atoms with Crippen LogP contribution in [-0.2, 0) is 21.1 Å². The topological polar surface area (TPSA) is 49.4 Å². The van der Waals surface area contributed by atoms with E-state index in [9.17, 15) is 9.90 Å². The van der Waals surface area contributed by atoms with Gasteiger partial charge in [0.25, 0.3) is 0 Å². The standard InChI is InChI=1S/C14H16NO3/c1-10(16)14(17)18-11(2)15-9-5-7-12-6-3-4-8-13(12)15/h3-6,8-11H,7H2,1-2H3. The Balaban J connectivity index is 2.16. The van der Waals surface area contributed by atoms with Gasteiger partial charge in [0.1, 0.15) is 0 Å². The Morgan fingerprint density at radius 2 is 2.06 bits per heavy atom. The number of nitrogens with zero attached hydrogens (tertiary/aromatic N) is 1. The second-order valence-corrected chi connectivity index (χ2v) is 4.30. The number of carbonyl (C=O) groups excluding carboxylic acids is 1. The van der Waals surface area contributed by atoms with Crippen molar-refractivity contribution < 1.29 is 14.6 Å². The Morgan fingerprint density at radius 1 is 1.33 bits per heavy atom. The minimum absolute atomic E-state index is 0.480.